The average Bonchev–Trinajstić information content (AvgIpc) is 2.80. The molecule has 2 rings (SSSR count). The predicted molar refractivity (Wildman–Crippen MR) is 78.3 cm³/mol. The van der Waals surface area contributed by atoms with Gasteiger partial charge in [0.2, 0.25) is 5.91 Å². The highest BCUT2D eigenvalue weighted by atomic mass is 32.2. The summed E-state index contributed by atoms with van der Waals surface area (Å²) in [5.74, 6) is -0.909. The lowest BCUT2D eigenvalue weighted by Crippen LogP contribution is -2.48. The zero-order valence-corrected chi connectivity index (χ0v) is 12.3. The van der Waals surface area contributed by atoms with Crippen LogP contribution in [0, 0.1) is 6.92 Å². The number of nitrogens with zero attached hydrogens (tertiary/aromatic N) is 1. The Hall–Kier alpha value is -1.53. The number of amides is 1. The van der Waals surface area contributed by atoms with Crippen molar-refractivity contribution in [1.82, 2.24) is 4.90 Å². The molecule has 5 nitrogen and oxygen atoms in total. The second-order valence-corrected chi connectivity index (χ2v) is 6.27. The molecule has 3 unspecified atom stereocenters. The molecule has 0 spiro atoms. The van der Waals surface area contributed by atoms with Gasteiger partial charge in [-0.1, -0.05) is 29.8 Å². The van der Waals surface area contributed by atoms with Crippen LogP contribution in [-0.4, -0.2) is 39.1 Å². The highest BCUT2D eigenvalue weighted by Gasteiger charge is 2.41. The maximum Gasteiger partial charge on any atom is 0.327 e. The first-order chi connectivity index (χ1) is 9.41. The molecule has 1 aliphatic rings. The van der Waals surface area contributed by atoms with Gasteiger partial charge in [0.15, 0.2) is 0 Å². The lowest BCUT2D eigenvalue weighted by atomic mass is 10.0. The second kappa shape index (κ2) is 5.85. The maximum atomic E-state index is 12.5. The number of benzene rings is 1. The van der Waals surface area contributed by atoms with E-state index in [4.69, 9.17) is 5.73 Å². The van der Waals surface area contributed by atoms with Crippen molar-refractivity contribution in [3.05, 3.63) is 35.4 Å². The van der Waals surface area contributed by atoms with Crippen LogP contribution in [0.15, 0.2) is 24.3 Å². The van der Waals surface area contributed by atoms with Crippen LogP contribution in [0.25, 0.3) is 0 Å². The molecule has 1 saturated heterocycles. The van der Waals surface area contributed by atoms with Crippen LogP contribution in [0.1, 0.15) is 24.1 Å². The summed E-state index contributed by atoms with van der Waals surface area (Å²) in [6.07, 6.45) is 0. The predicted octanol–water partition coefficient (Wildman–Crippen LogP) is 1.37. The molecule has 0 saturated carbocycles. The van der Waals surface area contributed by atoms with Crippen LogP contribution in [0.5, 0.6) is 0 Å². The number of aliphatic carboxylic acids is 1. The van der Waals surface area contributed by atoms with E-state index in [2.05, 4.69) is 0 Å². The smallest absolute Gasteiger partial charge is 0.327 e. The molecule has 20 heavy (non-hydrogen) atoms. The molecule has 3 N–H and O–H groups in total. The van der Waals surface area contributed by atoms with Crippen molar-refractivity contribution in [2.45, 2.75) is 31.3 Å². The van der Waals surface area contributed by atoms with Crippen molar-refractivity contribution >= 4 is 23.6 Å². The SMILES string of the molecule is Cc1ccc(C(N)C(=O)N2C(C)SCC2C(=O)O)cc1. The fourth-order valence-electron chi connectivity index (χ4n) is 2.24. The molecule has 3 atom stereocenters. The lowest BCUT2D eigenvalue weighted by molar-refractivity contribution is -0.149. The van der Waals surface area contributed by atoms with E-state index in [0.717, 1.165) is 5.56 Å². The molecular formula is C14H18N2O3S. The Balaban J connectivity index is 2.21. The summed E-state index contributed by atoms with van der Waals surface area (Å²) in [7, 11) is 0. The first kappa shape index (κ1) is 14.9. The molecule has 1 aliphatic heterocycles. The van der Waals surface area contributed by atoms with Crippen molar-refractivity contribution in [2.75, 3.05) is 5.75 Å². The summed E-state index contributed by atoms with van der Waals surface area (Å²) < 4.78 is 0. The van der Waals surface area contributed by atoms with Crippen LogP contribution < -0.4 is 5.73 Å². The van der Waals surface area contributed by atoms with Gasteiger partial charge in [0, 0.05) is 5.75 Å². The van der Waals surface area contributed by atoms with Crippen molar-refractivity contribution in [1.29, 1.82) is 0 Å². The Morgan fingerprint density at radius 3 is 2.55 bits per heavy atom. The largest absolute Gasteiger partial charge is 0.480 e. The fourth-order valence-corrected chi connectivity index (χ4v) is 3.42. The Bertz CT molecular complexity index is 518. The number of thioether (sulfide) groups is 1. The standard InChI is InChI=1S/C14H18N2O3S/c1-8-3-5-10(6-4-8)12(15)13(17)16-9(2)20-7-11(16)14(18)19/h3-6,9,11-12H,7,15H2,1-2H3,(H,18,19). The van der Waals surface area contributed by atoms with Gasteiger partial charge in [0.1, 0.15) is 12.1 Å². The number of carboxylic acid groups (broad SMARTS) is 1. The van der Waals surface area contributed by atoms with Crippen LogP contribution in [0.2, 0.25) is 0 Å². The van der Waals surface area contributed by atoms with Crippen LogP contribution in [-0.2, 0) is 9.59 Å². The molecular weight excluding hydrogens is 276 g/mol. The van der Waals surface area contributed by atoms with E-state index in [1.807, 2.05) is 38.1 Å². The van der Waals surface area contributed by atoms with Gasteiger partial charge in [-0.3, -0.25) is 4.79 Å². The monoisotopic (exact) mass is 294 g/mol. The van der Waals surface area contributed by atoms with Crippen LogP contribution >= 0.6 is 11.8 Å². The van der Waals surface area contributed by atoms with Crippen molar-refractivity contribution < 1.29 is 14.7 Å². The number of hydrogen-bond acceptors (Lipinski definition) is 4. The summed E-state index contributed by atoms with van der Waals surface area (Å²) >= 11 is 1.45. The molecule has 6 heteroatoms. The zero-order valence-electron chi connectivity index (χ0n) is 11.4. The first-order valence-corrected chi connectivity index (χ1v) is 7.45. The molecule has 0 aromatic heterocycles. The molecule has 0 radical (unpaired) electrons. The number of nitrogens with two attached hydrogens (primary N) is 1. The van der Waals surface area contributed by atoms with Crippen LogP contribution in [0.4, 0.5) is 0 Å². The Kier molecular flexibility index (Phi) is 4.35. The summed E-state index contributed by atoms with van der Waals surface area (Å²) in [4.78, 5) is 25.1. The van der Waals surface area contributed by atoms with E-state index in [9.17, 15) is 14.7 Å². The highest BCUT2D eigenvalue weighted by molar-refractivity contribution is 8.00. The molecule has 1 aromatic rings. The molecule has 1 aromatic carbocycles. The van der Waals surface area contributed by atoms with Gasteiger partial charge in [0.25, 0.3) is 0 Å². The normalized spacial score (nSPS) is 23.6. The van der Waals surface area contributed by atoms with Gasteiger partial charge in [0.05, 0.1) is 5.37 Å². The third-order valence-electron chi connectivity index (χ3n) is 3.46. The number of carbonyl (C=O) groups is 2. The minimum atomic E-state index is -0.980. The summed E-state index contributed by atoms with van der Waals surface area (Å²) in [6.45, 7) is 3.78. The van der Waals surface area contributed by atoms with Crippen molar-refractivity contribution in [2.24, 2.45) is 5.73 Å². The number of rotatable bonds is 3. The number of hydrogen-bond donors (Lipinski definition) is 2. The Labute approximate surface area is 122 Å². The summed E-state index contributed by atoms with van der Waals surface area (Å²) in [5, 5.41) is 9.02. The van der Waals surface area contributed by atoms with Gasteiger partial charge >= 0.3 is 5.97 Å². The fraction of sp³-hybridized carbons (Fsp3) is 0.429. The molecule has 1 amide bonds. The maximum absolute atomic E-state index is 12.5. The molecule has 1 heterocycles. The number of aryl methyl sites for hydroxylation is 1. The molecule has 0 aliphatic carbocycles. The first-order valence-electron chi connectivity index (χ1n) is 6.40. The Morgan fingerprint density at radius 2 is 2.00 bits per heavy atom. The third-order valence-corrected chi connectivity index (χ3v) is 4.68. The van der Waals surface area contributed by atoms with E-state index < -0.39 is 18.1 Å². The Morgan fingerprint density at radius 1 is 1.40 bits per heavy atom. The minimum Gasteiger partial charge on any atom is -0.480 e. The van der Waals surface area contributed by atoms with E-state index in [1.54, 1.807) is 0 Å². The van der Waals surface area contributed by atoms with Gasteiger partial charge in [-0.2, -0.15) is 0 Å². The quantitative estimate of drug-likeness (QED) is 0.879. The molecule has 0 bridgehead atoms. The van der Waals surface area contributed by atoms with Gasteiger partial charge in [-0.05, 0) is 19.4 Å². The van der Waals surface area contributed by atoms with Crippen LogP contribution in [0.3, 0.4) is 0 Å². The zero-order chi connectivity index (χ0) is 14.9. The topological polar surface area (TPSA) is 83.6 Å². The number of carbonyl (C=O) groups excluding carboxylic acids is 1. The van der Waals surface area contributed by atoms with E-state index in [1.165, 1.54) is 16.7 Å². The van der Waals surface area contributed by atoms with E-state index >= 15 is 0 Å². The number of carboxylic acids is 1. The lowest BCUT2D eigenvalue weighted by Gasteiger charge is -2.28. The summed E-state index contributed by atoms with van der Waals surface area (Å²) in [6, 6.07) is 5.78. The second-order valence-electron chi connectivity index (χ2n) is 4.92. The van der Waals surface area contributed by atoms with Gasteiger partial charge in [-0.15, -0.1) is 11.8 Å². The third kappa shape index (κ3) is 2.81. The van der Waals surface area contributed by atoms with Gasteiger partial charge < -0.3 is 15.7 Å². The highest BCUT2D eigenvalue weighted by Crippen LogP contribution is 2.31. The molecule has 1 fully saturated rings. The van der Waals surface area contributed by atoms with Crippen molar-refractivity contribution in [3.8, 4) is 0 Å². The molecule has 108 valence electrons. The minimum absolute atomic E-state index is 0.167. The van der Waals surface area contributed by atoms with E-state index in [0.29, 0.717) is 11.3 Å². The van der Waals surface area contributed by atoms with Gasteiger partial charge in [-0.25, -0.2) is 4.79 Å². The van der Waals surface area contributed by atoms with Crippen molar-refractivity contribution in [3.63, 3.8) is 0 Å². The average molecular weight is 294 g/mol. The van der Waals surface area contributed by atoms with E-state index in [-0.39, 0.29) is 11.3 Å². The summed E-state index contributed by atoms with van der Waals surface area (Å²) in [5.41, 5.74) is 7.79.